The van der Waals surface area contributed by atoms with Crippen molar-refractivity contribution in [1.29, 1.82) is 0 Å². The minimum absolute atomic E-state index is 0. The first-order valence-electron chi connectivity index (χ1n) is 11.8. The van der Waals surface area contributed by atoms with Crippen LogP contribution in [0, 0.1) is 0 Å². The molecule has 3 rings (SSSR count). The van der Waals surface area contributed by atoms with E-state index < -0.39 is 0 Å². The van der Waals surface area contributed by atoms with Crippen LogP contribution >= 0.6 is 24.0 Å². The Labute approximate surface area is 219 Å². The molecule has 7 nitrogen and oxygen atoms in total. The van der Waals surface area contributed by atoms with E-state index >= 15 is 0 Å². The maximum Gasteiger partial charge on any atom is 0.251 e. The summed E-state index contributed by atoms with van der Waals surface area (Å²) in [7, 11) is 0. The van der Waals surface area contributed by atoms with Crippen LogP contribution in [0.3, 0.4) is 0 Å². The first kappa shape index (κ1) is 27.6. The van der Waals surface area contributed by atoms with E-state index in [1.54, 1.807) is 0 Å². The number of carbonyl (C=O) groups excluding carboxylic acids is 2. The topological polar surface area (TPSA) is 85.8 Å². The summed E-state index contributed by atoms with van der Waals surface area (Å²) in [5.74, 6) is 0.886. The number of aliphatic imine (C=N–C) groups is 1. The van der Waals surface area contributed by atoms with Crippen molar-refractivity contribution in [3.05, 3.63) is 65.2 Å². The fourth-order valence-corrected chi connectivity index (χ4v) is 3.58. The number of rotatable bonds is 9. The fraction of sp³-hybridized carbons (Fsp3) is 0.423. The summed E-state index contributed by atoms with van der Waals surface area (Å²) in [5, 5.41) is 9.59. The van der Waals surface area contributed by atoms with Gasteiger partial charge < -0.3 is 20.9 Å². The highest BCUT2D eigenvalue weighted by molar-refractivity contribution is 14.0. The Balaban J connectivity index is 0.00000408. The van der Waals surface area contributed by atoms with Crippen molar-refractivity contribution in [2.75, 3.05) is 18.0 Å². The lowest BCUT2D eigenvalue weighted by molar-refractivity contribution is -0.117. The average molecular weight is 578 g/mol. The molecule has 184 valence electrons. The largest absolute Gasteiger partial charge is 0.357 e. The second-order valence-corrected chi connectivity index (χ2v) is 8.34. The van der Waals surface area contributed by atoms with Gasteiger partial charge in [-0.3, -0.25) is 9.59 Å². The number of carbonyl (C=O) groups is 2. The van der Waals surface area contributed by atoms with E-state index in [4.69, 9.17) is 0 Å². The highest BCUT2D eigenvalue weighted by atomic mass is 127. The number of nitrogens with one attached hydrogen (secondary N) is 3. The molecule has 1 unspecified atom stereocenters. The third-order valence-electron chi connectivity index (χ3n) is 5.75. The summed E-state index contributed by atoms with van der Waals surface area (Å²) in [4.78, 5) is 30.7. The first-order chi connectivity index (χ1) is 16.0. The van der Waals surface area contributed by atoms with E-state index in [2.05, 4.69) is 27.9 Å². The van der Waals surface area contributed by atoms with Crippen LogP contribution in [-0.2, 0) is 17.9 Å². The smallest absolute Gasteiger partial charge is 0.251 e. The van der Waals surface area contributed by atoms with Crippen LogP contribution in [0.5, 0.6) is 0 Å². The molecule has 0 aliphatic carbocycles. The van der Waals surface area contributed by atoms with Crippen LogP contribution in [0.15, 0.2) is 53.5 Å². The number of nitrogens with zero attached hydrogens (tertiary/aromatic N) is 2. The van der Waals surface area contributed by atoms with Gasteiger partial charge in [0.15, 0.2) is 5.96 Å². The van der Waals surface area contributed by atoms with Crippen LogP contribution in [0.4, 0.5) is 5.69 Å². The van der Waals surface area contributed by atoms with E-state index in [-0.39, 0.29) is 41.8 Å². The van der Waals surface area contributed by atoms with E-state index in [1.165, 1.54) is 0 Å². The van der Waals surface area contributed by atoms with Crippen LogP contribution in [0.25, 0.3) is 0 Å². The van der Waals surface area contributed by atoms with Crippen molar-refractivity contribution in [2.45, 2.75) is 59.2 Å². The molecule has 8 heteroatoms. The molecule has 1 heterocycles. The van der Waals surface area contributed by atoms with Crippen LogP contribution in [-0.4, -0.2) is 36.9 Å². The number of benzene rings is 2. The molecule has 3 N–H and O–H groups in total. The molecule has 1 aliphatic rings. The van der Waals surface area contributed by atoms with E-state index in [0.717, 1.165) is 48.7 Å². The number of hydrogen-bond donors (Lipinski definition) is 3. The van der Waals surface area contributed by atoms with Gasteiger partial charge >= 0.3 is 0 Å². The van der Waals surface area contributed by atoms with Crippen LogP contribution < -0.4 is 20.9 Å². The summed E-state index contributed by atoms with van der Waals surface area (Å²) in [6, 6.07) is 15.8. The number of amides is 2. The van der Waals surface area contributed by atoms with Crippen molar-refractivity contribution in [3.63, 3.8) is 0 Å². The van der Waals surface area contributed by atoms with Gasteiger partial charge in [0.1, 0.15) is 0 Å². The minimum Gasteiger partial charge on any atom is -0.357 e. The van der Waals surface area contributed by atoms with Gasteiger partial charge in [-0.15, -0.1) is 24.0 Å². The summed E-state index contributed by atoms with van der Waals surface area (Å²) in [6.45, 7) is 8.79. The third kappa shape index (κ3) is 8.00. The van der Waals surface area contributed by atoms with Gasteiger partial charge in [0.2, 0.25) is 5.91 Å². The van der Waals surface area contributed by atoms with Gasteiger partial charge in [-0.1, -0.05) is 31.2 Å². The highest BCUT2D eigenvalue weighted by Gasteiger charge is 2.21. The molecule has 1 fully saturated rings. The number of guanidine groups is 1. The molecular formula is C26H36IN5O2. The van der Waals surface area contributed by atoms with Crippen molar-refractivity contribution in [1.82, 2.24) is 16.0 Å². The molecule has 0 spiro atoms. The predicted molar refractivity (Wildman–Crippen MR) is 149 cm³/mol. The zero-order chi connectivity index (χ0) is 23.6. The van der Waals surface area contributed by atoms with E-state index in [0.29, 0.717) is 25.1 Å². The monoisotopic (exact) mass is 577 g/mol. The lowest BCUT2D eigenvalue weighted by Gasteiger charge is -2.16. The molecule has 2 amide bonds. The number of anilines is 1. The molecule has 1 aliphatic heterocycles. The van der Waals surface area contributed by atoms with Crippen molar-refractivity contribution < 1.29 is 9.59 Å². The lowest BCUT2D eigenvalue weighted by atomic mass is 10.1. The standard InChI is InChI=1S/C26H35N5O2.HI/c1-4-19(3)30-25(33)22-12-8-20(9-13-22)17-28-26(27-5-2)29-18-21-10-14-23(15-11-21)31-16-6-7-24(31)32;/h8-15,19H,4-7,16-18H2,1-3H3,(H,30,33)(H2,27,28,29);1H. The van der Waals surface area contributed by atoms with Gasteiger partial charge in [-0.2, -0.15) is 0 Å². The molecule has 1 atom stereocenters. The van der Waals surface area contributed by atoms with E-state index in [1.807, 2.05) is 67.3 Å². The molecule has 0 aromatic heterocycles. The molecule has 0 saturated carbocycles. The zero-order valence-electron chi connectivity index (χ0n) is 20.3. The summed E-state index contributed by atoms with van der Waals surface area (Å²) in [6.07, 6.45) is 2.47. The minimum atomic E-state index is -0.0427. The second kappa shape index (κ2) is 13.9. The zero-order valence-corrected chi connectivity index (χ0v) is 22.6. The molecule has 1 saturated heterocycles. The Bertz CT molecular complexity index is 960. The third-order valence-corrected chi connectivity index (χ3v) is 5.75. The summed E-state index contributed by atoms with van der Waals surface area (Å²) in [5.41, 5.74) is 3.77. The Kier molecular flexibility index (Phi) is 11.3. The van der Waals surface area contributed by atoms with Crippen molar-refractivity contribution in [3.8, 4) is 0 Å². The summed E-state index contributed by atoms with van der Waals surface area (Å²) < 4.78 is 0. The molecule has 0 bridgehead atoms. The van der Waals surface area contributed by atoms with Crippen molar-refractivity contribution in [2.24, 2.45) is 4.99 Å². The van der Waals surface area contributed by atoms with Gasteiger partial charge in [0.25, 0.3) is 5.91 Å². The van der Waals surface area contributed by atoms with Gasteiger partial charge in [-0.25, -0.2) is 4.99 Å². The van der Waals surface area contributed by atoms with Crippen molar-refractivity contribution >= 4 is 47.4 Å². The predicted octanol–water partition coefficient (Wildman–Crippen LogP) is 4.22. The summed E-state index contributed by atoms with van der Waals surface area (Å²) >= 11 is 0. The second-order valence-electron chi connectivity index (χ2n) is 8.34. The van der Waals surface area contributed by atoms with Crippen LogP contribution in [0.1, 0.15) is 61.5 Å². The maximum absolute atomic E-state index is 12.2. The van der Waals surface area contributed by atoms with Gasteiger partial charge in [0, 0.05) is 43.3 Å². The average Bonchev–Trinajstić information content (AvgIpc) is 3.27. The first-order valence-corrected chi connectivity index (χ1v) is 11.8. The molecule has 2 aromatic rings. The highest BCUT2D eigenvalue weighted by Crippen LogP contribution is 2.21. The van der Waals surface area contributed by atoms with Gasteiger partial charge in [-0.05, 0) is 62.1 Å². The van der Waals surface area contributed by atoms with Gasteiger partial charge in [0.05, 0.1) is 6.54 Å². The lowest BCUT2D eigenvalue weighted by Crippen LogP contribution is -2.36. The molecule has 34 heavy (non-hydrogen) atoms. The normalized spacial score (nSPS) is 14.4. The fourth-order valence-electron chi connectivity index (χ4n) is 3.58. The Morgan fingerprint density at radius 2 is 1.71 bits per heavy atom. The number of hydrogen-bond acceptors (Lipinski definition) is 3. The molecular weight excluding hydrogens is 541 g/mol. The Morgan fingerprint density at radius 1 is 1.03 bits per heavy atom. The van der Waals surface area contributed by atoms with E-state index in [9.17, 15) is 9.59 Å². The van der Waals surface area contributed by atoms with Crippen LogP contribution in [0.2, 0.25) is 0 Å². The molecule has 0 radical (unpaired) electrons. The SMILES string of the molecule is CCNC(=NCc1ccc(N2CCCC2=O)cc1)NCc1ccc(C(=O)NC(C)CC)cc1.I. The maximum atomic E-state index is 12.2. The molecule has 2 aromatic carbocycles. The Morgan fingerprint density at radius 3 is 2.29 bits per heavy atom. The Hall–Kier alpha value is -2.62. The quantitative estimate of drug-likeness (QED) is 0.237. The number of halogens is 1.